The van der Waals surface area contributed by atoms with Crippen molar-refractivity contribution in [3.05, 3.63) is 62.6 Å². The maximum absolute atomic E-state index is 10.6. The summed E-state index contributed by atoms with van der Waals surface area (Å²) in [7, 11) is 0. The summed E-state index contributed by atoms with van der Waals surface area (Å²) >= 11 is 3.43. The van der Waals surface area contributed by atoms with Crippen LogP contribution in [0.5, 0.6) is 5.75 Å². The summed E-state index contributed by atoms with van der Waals surface area (Å²) in [5.41, 5.74) is 1.93. The van der Waals surface area contributed by atoms with Crippen molar-refractivity contribution in [1.29, 1.82) is 0 Å². The first kappa shape index (κ1) is 15.9. The van der Waals surface area contributed by atoms with E-state index in [4.69, 9.17) is 11.2 Å². The van der Waals surface area contributed by atoms with E-state index >= 15 is 0 Å². The number of halogens is 1. The molecule has 0 fully saturated rings. The lowest BCUT2D eigenvalue weighted by Gasteiger charge is -2.09. The lowest BCUT2D eigenvalue weighted by atomic mass is 10.2. The number of nitrogens with zero attached hydrogens (tertiary/aromatic N) is 1. The molecule has 22 heavy (non-hydrogen) atoms. The first-order chi connectivity index (χ1) is 10.6. The highest BCUT2D eigenvalue weighted by atomic mass is 79.9. The van der Waals surface area contributed by atoms with Gasteiger partial charge in [-0.05, 0) is 45.8 Å². The molecule has 0 aliphatic rings. The minimum Gasteiger partial charge on any atom is -0.480 e. The summed E-state index contributed by atoms with van der Waals surface area (Å²) in [6.45, 7) is 0.810. The molecule has 0 saturated heterocycles. The van der Waals surface area contributed by atoms with Gasteiger partial charge in [0.2, 0.25) is 0 Å². The van der Waals surface area contributed by atoms with Crippen LogP contribution >= 0.6 is 15.9 Å². The topological polar surface area (TPSA) is 64.4 Å². The van der Waals surface area contributed by atoms with E-state index in [0.717, 1.165) is 15.7 Å². The van der Waals surface area contributed by atoms with E-state index in [2.05, 4.69) is 27.2 Å². The molecule has 1 N–H and O–H groups in total. The van der Waals surface area contributed by atoms with Crippen molar-refractivity contribution in [3.8, 4) is 18.1 Å². The number of nitro benzene ring substituents is 1. The Balaban J connectivity index is 1.98. The fourth-order valence-electron chi connectivity index (χ4n) is 1.80. The predicted octanol–water partition coefficient (Wildman–Crippen LogP) is 3.98. The Morgan fingerprint density at radius 3 is 2.59 bits per heavy atom. The quantitative estimate of drug-likeness (QED) is 0.480. The molecular formula is C16H13BrN2O3. The molecule has 0 aliphatic carbocycles. The van der Waals surface area contributed by atoms with E-state index in [0.29, 0.717) is 12.3 Å². The number of hydrogen-bond donors (Lipinski definition) is 1. The van der Waals surface area contributed by atoms with Gasteiger partial charge in [0, 0.05) is 24.4 Å². The average Bonchev–Trinajstić information content (AvgIpc) is 2.52. The molecule has 0 aromatic heterocycles. The number of anilines is 1. The summed E-state index contributed by atoms with van der Waals surface area (Å²) in [6.07, 6.45) is 5.16. The number of hydrogen-bond acceptors (Lipinski definition) is 4. The van der Waals surface area contributed by atoms with Gasteiger partial charge in [0.25, 0.3) is 5.69 Å². The number of benzene rings is 2. The number of rotatable bonds is 6. The number of terminal acetylenes is 1. The minimum atomic E-state index is -0.421. The van der Waals surface area contributed by atoms with Crippen molar-refractivity contribution in [2.75, 3.05) is 11.9 Å². The van der Waals surface area contributed by atoms with Gasteiger partial charge in [0.05, 0.1) is 9.40 Å². The van der Waals surface area contributed by atoms with Crippen LogP contribution in [-0.4, -0.2) is 11.5 Å². The lowest BCUT2D eigenvalue weighted by Crippen LogP contribution is -2.00. The Bertz CT molecular complexity index is 708. The monoisotopic (exact) mass is 360 g/mol. The van der Waals surface area contributed by atoms with Gasteiger partial charge in [0.15, 0.2) is 0 Å². The summed E-state index contributed by atoms with van der Waals surface area (Å²) in [6, 6.07) is 12.0. The van der Waals surface area contributed by atoms with Gasteiger partial charge >= 0.3 is 0 Å². The third-order valence-corrected chi connectivity index (χ3v) is 3.50. The van der Waals surface area contributed by atoms with Crippen LogP contribution in [0.2, 0.25) is 0 Å². The molecule has 0 saturated carbocycles. The highest BCUT2D eigenvalue weighted by molar-refractivity contribution is 9.10. The van der Waals surface area contributed by atoms with Gasteiger partial charge in [0.1, 0.15) is 12.4 Å². The van der Waals surface area contributed by atoms with E-state index in [9.17, 15) is 10.1 Å². The summed E-state index contributed by atoms with van der Waals surface area (Å²) in [5.74, 6) is 3.11. The molecule has 0 aliphatic heterocycles. The first-order valence-electron chi connectivity index (χ1n) is 6.43. The second-order valence-corrected chi connectivity index (χ2v) is 5.27. The zero-order valence-corrected chi connectivity index (χ0v) is 13.2. The van der Waals surface area contributed by atoms with E-state index < -0.39 is 4.92 Å². The molecular weight excluding hydrogens is 348 g/mol. The van der Waals surface area contributed by atoms with Crippen molar-refractivity contribution in [2.24, 2.45) is 0 Å². The second-order valence-electron chi connectivity index (χ2n) is 4.42. The Hall–Kier alpha value is -2.52. The molecule has 2 rings (SSSR count). The Morgan fingerprint density at radius 2 is 2.00 bits per heavy atom. The molecule has 0 amide bonds. The first-order valence-corrected chi connectivity index (χ1v) is 7.22. The Morgan fingerprint density at radius 1 is 1.27 bits per heavy atom. The maximum atomic E-state index is 10.6. The lowest BCUT2D eigenvalue weighted by molar-refractivity contribution is -0.384. The van der Waals surface area contributed by atoms with Gasteiger partial charge in [-0.25, -0.2) is 0 Å². The summed E-state index contributed by atoms with van der Waals surface area (Å²) in [4.78, 5) is 10.2. The van der Waals surface area contributed by atoms with Crippen LogP contribution in [0.4, 0.5) is 11.4 Å². The SMILES string of the molecule is C#CCOc1ccc(CNc2ccc([N+](=O)[O-])cc2)cc1Br. The van der Waals surface area contributed by atoms with Crippen molar-refractivity contribution < 1.29 is 9.66 Å². The maximum Gasteiger partial charge on any atom is 0.269 e. The van der Waals surface area contributed by atoms with Crippen molar-refractivity contribution in [3.63, 3.8) is 0 Å². The molecule has 0 heterocycles. The fraction of sp³-hybridized carbons (Fsp3) is 0.125. The molecule has 0 spiro atoms. The van der Waals surface area contributed by atoms with Crippen LogP contribution in [0.1, 0.15) is 5.56 Å². The number of ether oxygens (including phenoxy) is 1. The summed E-state index contributed by atoms with van der Waals surface area (Å²) < 4.78 is 6.20. The molecule has 0 atom stereocenters. The zero-order valence-electron chi connectivity index (χ0n) is 11.6. The molecule has 5 nitrogen and oxygen atoms in total. The van der Waals surface area contributed by atoms with Crippen molar-refractivity contribution in [1.82, 2.24) is 0 Å². The van der Waals surface area contributed by atoms with Crippen LogP contribution in [-0.2, 0) is 6.54 Å². The Kier molecular flexibility index (Phi) is 5.39. The van der Waals surface area contributed by atoms with Gasteiger partial charge in [-0.1, -0.05) is 12.0 Å². The largest absolute Gasteiger partial charge is 0.480 e. The molecule has 2 aromatic carbocycles. The minimum absolute atomic E-state index is 0.0725. The Labute approximate surface area is 136 Å². The number of non-ortho nitro benzene ring substituents is 1. The highest BCUT2D eigenvalue weighted by Crippen LogP contribution is 2.26. The van der Waals surface area contributed by atoms with E-state index in [1.165, 1.54) is 12.1 Å². The van der Waals surface area contributed by atoms with E-state index in [1.54, 1.807) is 12.1 Å². The van der Waals surface area contributed by atoms with Crippen LogP contribution in [0.3, 0.4) is 0 Å². The van der Waals surface area contributed by atoms with E-state index in [1.807, 2.05) is 18.2 Å². The average molecular weight is 361 g/mol. The molecule has 0 unspecified atom stereocenters. The smallest absolute Gasteiger partial charge is 0.269 e. The van der Waals surface area contributed by atoms with Gasteiger partial charge in [-0.2, -0.15) is 0 Å². The van der Waals surface area contributed by atoms with Crippen molar-refractivity contribution >= 4 is 27.3 Å². The van der Waals surface area contributed by atoms with Gasteiger partial charge in [-0.3, -0.25) is 10.1 Å². The third-order valence-electron chi connectivity index (χ3n) is 2.88. The number of nitrogens with one attached hydrogen (secondary N) is 1. The molecule has 0 bridgehead atoms. The summed E-state index contributed by atoms with van der Waals surface area (Å²) in [5, 5.41) is 13.8. The molecule has 112 valence electrons. The van der Waals surface area contributed by atoms with Crippen LogP contribution < -0.4 is 10.1 Å². The molecule has 2 aromatic rings. The standard InChI is InChI=1S/C16H13BrN2O3/c1-2-9-22-16-8-3-12(10-15(16)17)11-18-13-4-6-14(7-5-13)19(20)21/h1,3-8,10,18H,9,11H2. The normalized spacial score (nSPS) is 9.82. The third kappa shape index (κ3) is 4.24. The predicted molar refractivity (Wildman–Crippen MR) is 88.9 cm³/mol. The van der Waals surface area contributed by atoms with E-state index in [-0.39, 0.29) is 12.3 Å². The van der Waals surface area contributed by atoms with Gasteiger partial charge in [-0.15, -0.1) is 6.42 Å². The second kappa shape index (κ2) is 7.48. The van der Waals surface area contributed by atoms with Crippen molar-refractivity contribution in [2.45, 2.75) is 6.54 Å². The highest BCUT2D eigenvalue weighted by Gasteiger charge is 2.05. The van der Waals surface area contributed by atoms with Crippen LogP contribution in [0, 0.1) is 22.5 Å². The number of nitro groups is 1. The molecule has 0 radical (unpaired) electrons. The van der Waals surface area contributed by atoms with Gasteiger partial charge < -0.3 is 10.1 Å². The fourth-order valence-corrected chi connectivity index (χ4v) is 2.34. The molecule has 6 heteroatoms. The zero-order chi connectivity index (χ0) is 15.9. The van der Waals surface area contributed by atoms with Crippen LogP contribution in [0.25, 0.3) is 0 Å². The van der Waals surface area contributed by atoms with Crippen LogP contribution in [0.15, 0.2) is 46.9 Å².